The van der Waals surface area contributed by atoms with Gasteiger partial charge >= 0.3 is 0 Å². The Kier molecular flexibility index (Phi) is 7.73. The zero-order valence-corrected chi connectivity index (χ0v) is 14.1. The highest BCUT2D eigenvalue weighted by Gasteiger charge is 2.15. The van der Waals surface area contributed by atoms with Gasteiger partial charge in [-0.15, -0.1) is 6.58 Å². The fourth-order valence-corrected chi connectivity index (χ4v) is 2.54. The van der Waals surface area contributed by atoms with E-state index in [1.54, 1.807) is 36.4 Å². The highest BCUT2D eigenvalue weighted by molar-refractivity contribution is 5.19. The van der Waals surface area contributed by atoms with Crippen LogP contribution in [0.2, 0.25) is 0 Å². The van der Waals surface area contributed by atoms with Crippen LogP contribution in [0.15, 0.2) is 61.2 Å². The Morgan fingerprint density at radius 3 is 2.48 bits per heavy atom. The van der Waals surface area contributed by atoms with E-state index in [4.69, 9.17) is 4.74 Å². The van der Waals surface area contributed by atoms with Gasteiger partial charge in [-0.1, -0.05) is 36.4 Å². The Morgan fingerprint density at radius 1 is 1.08 bits per heavy atom. The van der Waals surface area contributed by atoms with Gasteiger partial charge in [-0.25, -0.2) is 8.78 Å². The lowest BCUT2D eigenvalue weighted by atomic mass is 10.1. The largest absolute Gasteiger partial charge is 0.389 e. The summed E-state index contributed by atoms with van der Waals surface area (Å²) in [5.74, 6) is -0.591. The van der Waals surface area contributed by atoms with E-state index in [1.807, 2.05) is 4.90 Å². The molecule has 0 heterocycles. The van der Waals surface area contributed by atoms with Crippen LogP contribution in [0.4, 0.5) is 8.78 Å². The first-order valence-electron chi connectivity index (χ1n) is 8.15. The standard InChI is InChI=1S/C20H23F2NO2/c1-2-11-25-15-19(24)14-23(12-16-7-9-18(21)10-8-16)13-17-5-3-4-6-20(17)22/h2-10,19,24H,1,11-15H2/t19-/m1/s1. The van der Waals surface area contributed by atoms with Crippen LogP contribution >= 0.6 is 0 Å². The molecule has 0 aromatic heterocycles. The molecule has 0 unspecified atom stereocenters. The van der Waals surface area contributed by atoms with E-state index in [-0.39, 0.29) is 18.2 Å². The lowest BCUT2D eigenvalue weighted by Gasteiger charge is -2.25. The van der Waals surface area contributed by atoms with Crippen LogP contribution in [-0.4, -0.2) is 35.9 Å². The molecule has 3 nitrogen and oxygen atoms in total. The van der Waals surface area contributed by atoms with E-state index < -0.39 is 6.10 Å². The summed E-state index contributed by atoms with van der Waals surface area (Å²) in [6, 6.07) is 12.7. The monoisotopic (exact) mass is 347 g/mol. The van der Waals surface area contributed by atoms with E-state index in [9.17, 15) is 13.9 Å². The van der Waals surface area contributed by atoms with E-state index in [2.05, 4.69) is 6.58 Å². The van der Waals surface area contributed by atoms with Crippen LogP contribution < -0.4 is 0 Å². The smallest absolute Gasteiger partial charge is 0.127 e. The van der Waals surface area contributed by atoms with Crippen LogP contribution in [0, 0.1) is 11.6 Å². The van der Waals surface area contributed by atoms with Crippen LogP contribution in [0.3, 0.4) is 0 Å². The summed E-state index contributed by atoms with van der Waals surface area (Å²) in [4.78, 5) is 1.91. The van der Waals surface area contributed by atoms with Gasteiger partial charge in [0.2, 0.25) is 0 Å². The van der Waals surface area contributed by atoms with Crippen molar-refractivity contribution in [3.63, 3.8) is 0 Å². The number of aliphatic hydroxyl groups excluding tert-OH is 1. The molecular formula is C20H23F2NO2. The predicted molar refractivity (Wildman–Crippen MR) is 93.9 cm³/mol. The maximum absolute atomic E-state index is 14.0. The van der Waals surface area contributed by atoms with Crippen molar-refractivity contribution in [2.24, 2.45) is 0 Å². The minimum atomic E-state index is -0.716. The number of halogens is 2. The summed E-state index contributed by atoms with van der Waals surface area (Å²) < 4.78 is 32.3. The maximum Gasteiger partial charge on any atom is 0.127 e. The minimum Gasteiger partial charge on any atom is -0.389 e. The third-order valence-corrected chi connectivity index (χ3v) is 3.69. The molecule has 5 heteroatoms. The number of aliphatic hydroxyl groups is 1. The molecule has 0 radical (unpaired) electrons. The molecule has 25 heavy (non-hydrogen) atoms. The highest BCUT2D eigenvalue weighted by Crippen LogP contribution is 2.14. The molecule has 0 aliphatic rings. The van der Waals surface area contributed by atoms with Gasteiger partial charge in [0, 0.05) is 25.2 Å². The SMILES string of the molecule is C=CCOC[C@H](O)CN(Cc1ccc(F)cc1)Cc1ccccc1F. The zero-order valence-electron chi connectivity index (χ0n) is 14.1. The lowest BCUT2D eigenvalue weighted by molar-refractivity contribution is 0.0226. The van der Waals surface area contributed by atoms with Gasteiger partial charge in [0.25, 0.3) is 0 Å². The van der Waals surface area contributed by atoms with Crippen LogP contribution in [-0.2, 0) is 17.8 Å². The molecule has 2 rings (SSSR count). The van der Waals surface area contributed by atoms with Crippen molar-refractivity contribution in [3.8, 4) is 0 Å². The average molecular weight is 347 g/mol. The van der Waals surface area contributed by atoms with E-state index in [0.717, 1.165) is 5.56 Å². The average Bonchev–Trinajstić information content (AvgIpc) is 2.59. The van der Waals surface area contributed by atoms with Gasteiger partial charge in [0.15, 0.2) is 0 Å². The third kappa shape index (κ3) is 6.74. The van der Waals surface area contributed by atoms with E-state index in [0.29, 0.717) is 31.8 Å². The third-order valence-electron chi connectivity index (χ3n) is 3.69. The quantitative estimate of drug-likeness (QED) is 0.527. The molecule has 0 saturated heterocycles. The second kappa shape index (κ2) is 10.0. The van der Waals surface area contributed by atoms with Crippen LogP contribution in [0.5, 0.6) is 0 Å². The first kappa shape index (κ1) is 19.2. The van der Waals surface area contributed by atoms with Crippen molar-refractivity contribution >= 4 is 0 Å². The molecule has 0 fully saturated rings. The number of hydrogen-bond acceptors (Lipinski definition) is 3. The van der Waals surface area contributed by atoms with Gasteiger partial charge in [0.1, 0.15) is 11.6 Å². The first-order chi connectivity index (χ1) is 12.1. The van der Waals surface area contributed by atoms with Gasteiger partial charge < -0.3 is 9.84 Å². The summed E-state index contributed by atoms with van der Waals surface area (Å²) in [6.07, 6.45) is 0.898. The summed E-state index contributed by atoms with van der Waals surface area (Å²) in [5, 5.41) is 10.2. The molecule has 0 amide bonds. The predicted octanol–water partition coefficient (Wildman–Crippen LogP) is 3.53. The second-order valence-electron chi connectivity index (χ2n) is 5.87. The number of rotatable bonds is 10. The molecular weight excluding hydrogens is 324 g/mol. The lowest BCUT2D eigenvalue weighted by Crippen LogP contribution is -2.34. The normalized spacial score (nSPS) is 12.3. The molecule has 0 spiro atoms. The van der Waals surface area contributed by atoms with Gasteiger partial charge in [-0.2, -0.15) is 0 Å². The molecule has 2 aromatic carbocycles. The van der Waals surface area contributed by atoms with Crippen molar-refractivity contribution in [2.45, 2.75) is 19.2 Å². The Bertz CT molecular complexity index is 661. The summed E-state index contributed by atoms with van der Waals surface area (Å²) in [5.41, 5.74) is 1.43. The fraction of sp³-hybridized carbons (Fsp3) is 0.300. The number of hydrogen-bond donors (Lipinski definition) is 1. The molecule has 1 atom stereocenters. The molecule has 0 aliphatic heterocycles. The molecule has 0 saturated carbocycles. The molecule has 2 aromatic rings. The fourth-order valence-electron chi connectivity index (χ4n) is 2.54. The van der Waals surface area contributed by atoms with Crippen molar-refractivity contribution in [3.05, 3.63) is 83.9 Å². The zero-order chi connectivity index (χ0) is 18.1. The van der Waals surface area contributed by atoms with Gasteiger partial charge in [-0.05, 0) is 23.8 Å². The number of benzene rings is 2. The molecule has 1 N–H and O–H groups in total. The van der Waals surface area contributed by atoms with Gasteiger partial charge in [-0.3, -0.25) is 4.90 Å². The van der Waals surface area contributed by atoms with Crippen molar-refractivity contribution < 1.29 is 18.6 Å². The minimum absolute atomic E-state index is 0.170. The first-order valence-corrected chi connectivity index (χ1v) is 8.15. The van der Waals surface area contributed by atoms with Crippen molar-refractivity contribution in [2.75, 3.05) is 19.8 Å². The molecule has 0 aliphatic carbocycles. The highest BCUT2D eigenvalue weighted by atomic mass is 19.1. The Labute approximate surface area is 147 Å². The Balaban J connectivity index is 2.05. The van der Waals surface area contributed by atoms with Gasteiger partial charge in [0.05, 0.1) is 19.3 Å². The Morgan fingerprint density at radius 2 is 1.80 bits per heavy atom. The molecule has 134 valence electrons. The Hall–Kier alpha value is -2.08. The maximum atomic E-state index is 14.0. The van der Waals surface area contributed by atoms with Crippen molar-refractivity contribution in [1.82, 2.24) is 4.90 Å². The second-order valence-corrected chi connectivity index (χ2v) is 5.87. The topological polar surface area (TPSA) is 32.7 Å². The van der Waals surface area contributed by atoms with E-state index in [1.165, 1.54) is 18.2 Å². The summed E-state index contributed by atoms with van der Waals surface area (Å²) >= 11 is 0. The van der Waals surface area contributed by atoms with E-state index >= 15 is 0 Å². The van der Waals surface area contributed by atoms with Crippen LogP contribution in [0.25, 0.3) is 0 Å². The van der Waals surface area contributed by atoms with Crippen molar-refractivity contribution in [1.29, 1.82) is 0 Å². The number of nitrogens with zero attached hydrogens (tertiary/aromatic N) is 1. The number of ether oxygens (including phenoxy) is 1. The molecule has 0 bridgehead atoms. The summed E-state index contributed by atoms with van der Waals surface area (Å²) in [7, 11) is 0. The summed E-state index contributed by atoms with van der Waals surface area (Å²) in [6.45, 7) is 5.20. The van der Waals surface area contributed by atoms with Crippen LogP contribution in [0.1, 0.15) is 11.1 Å².